The zero-order valence-corrected chi connectivity index (χ0v) is 14.3. The van der Waals surface area contributed by atoms with Gasteiger partial charge in [0.25, 0.3) is 0 Å². The number of furan rings is 1. The number of benzene rings is 1. The Morgan fingerprint density at radius 3 is 2.54 bits per heavy atom. The zero-order valence-electron chi connectivity index (χ0n) is 14.3. The van der Waals surface area contributed by atoms with E-state index >= 15 is 0 Å². The van der Waals surface area contributed by atoms with Gasteiger partial charge in [-0.15, -0.1) is 0 Å². The van der Waals surface area contributed by atoms with Crippen molar-refractivity contribution in [1.82, 2.24) is 5.43 Å². The second kappa shape index (κ2) is 8.19. The van der Waals surface area contributed by atoms with Crippen molar-refractivity contribution >= 4 is 12.1 Å². The average Bonchev–Trinajstić information content (AvgIpc) is 3.02. The first-order chi connectivity index (χ1) is 11.5. The number of carbonyl (C=O) groups is 1. The molecule has 2 aromatic rings. The Hall–Kier alpha value is -2.76. The highest BCUT2D eigenvalue weighted by atomic mass is 16.5. The molecule has 1 amide bonds. The molecule has 0 aliphatic carbocycles. The SMILES string of the molecule is CC(C)Oc1ccc(/C=N/NC(=O)c2ccco2)c(OC(C)C)c1. The molecule has 0 unspecified atom stereocenters. The predicted octanol–water partition coefficient (Wildman–Crippen LogP) is 3.62. The second-order valence-electron chi connectivity index (χ2n) is 5.71. The summed E-state index contributed by atoms with van der Waals surface area (Å²) < 4.78 is 16.5. The maximum atomic E-state index is 11.8. The summed E-state index contributed by atoms with van der Waals surface area (Å²) in [5.41, 5.74) is 3.15. The predicted molar refractivity (Wildman–Crippen MR) is 91.7 cm³/mol. The molecule has 0 aliphatic rings. The third-order valence-electron chi connectivity index (χ3n) is 2.83. The van der Waals surface area contributed by atoms with Crippen LogP contribution in [0.1, 0.15) is 43.8 Å². The number of nitrogens with zero attached hydrogens (tertiary/aromatic N) is 1. The lowest BCUT2D eigenvalue weighted by atomic mass is 10.2. The molecule has 0 fully saturated rings. The molecule has 0 spiro atoms. The topological polar surface area (TPSA) is 73.1 Å². The molecular weight excluding hydrogens is 308 g/mol. The lowest BCUT2D eigenvalue weighted by molar-refractivity contribution is 0.0927. The third kappa shape index (κ3) is 5.15. The molecule has 128 valence electrons. The Bertz CT molecular complexity index is 691. The van der Waals surface area contributed by atoms with Crippen molar-refractivity contribution in [3.05, 3.63) is 47.9 Å². The quantitative estimate of drug-likeness (QED) is 0.621. The van der Waals surface area contributed by atoms with Crippen LogP contribution in [0.3, 0.4) is 0 Å². The molecule has 1 heterocycles. The molecular formula is C18H22N2O4. The van der Waals surface area contributed by atoms with E-state index < -0.39 is 5.91 Å². The van der Waals surface area contributed by atoms with E-state index in [0.717, 1.165) is 11.3 Å². The van der Waals surface area contributed by atoms with Crippen LogP contribution < -0.4 is 14.9 Å². The van der Waals surface area contributed by atoms with Gasteiger partial charge in [-0.25, -0.2) is 5.43 Å². The van der Waals surface area contributed by atoms with Crippen LogP contribution in [0.4, 0.5) is 0 Å². The molecule has 2 rings (SSSR count). The first kappa shape index (κ1) is 17.6. The van der Waals surface area contributed by atoms with E-state index in [9.17, 15) is 4.79 Å². The standard InChI is InChI=1S/C18H22N2O4/c1-12(2)23-15-8-7-14(17(10-15)24-13(3)4)11-19-20-18(21)16-6-5-9-22-16/h5-13H,1-4H3,(H,20,21)/b19-11+. The van der Waals surface area contributed by atoms with Crippen molar-refractivity contribution in [2.45, 2.75) is 39.9 Å². The van der Waals surface area contributed by atoms with Gasteiger partial charge in [-0.2, -0.15) is 5.10 Å². The number of ether oxygens (including phenoxy) is 2. The number of hydrazone groups is 1. The van der Waals surface area contributed by atoms with E-state index in [0.29, 0.717) is 5.75 Å². The van der Waals surface area contributed by atoms with E-state index in [1.165, 1.54) is 12.5 Å². The maximum absolute atomic E-state index is 11.8. The van der Waals surface area contributed by atoms with Gasteiger partial charge in [-0.1, -0.05) is 0 Å². The van der Waals surface area contributed by atoms with Crippen molar-refractivity contribution in [2.75, 3.05) is 0 Å². The van der Waals surface area contributed by atoms with Crippen LogP contribution in [0.2, 0.25) is 0 Å². The molecule has 0 saturated heterocycles. The number of carbonyl (C=O) groups excluding carboxylic acids is 1. The summed E-state index contributed by atoms with van der Waals surface area (Å²) in [5.74, 6) is 1.14. The fourth-order valence-electron chi connectivity index (χ4n) is 1.95. The Kier molecular flexibility index (Phi) is 6.01. The fraction of sp³-hybridized carbons (Fsp3) is 0.333. The van der Waals surface area contributed by atoms with Crippen molar-refractivity contribution < 1.29 is 18.7 Å². The van der Waals surface area contributed by atoms with E-state index in [4.69, 9.17) is 13.9 Å². The molecule has 1 aromatic heterocycles. The summed E-state index contributed by atoms with van der Waals surface area (Å²) in [6.45, 7) is 7.80. The lowest BCUT2D eigenvalue weighted by Crippen LogP contribution is -2.17. The molecule has 6 heteroatoms. The van der Waals surface area contributed by atoms with Gasteiger partial charge in [0.05, 0.1) is 24.7 Å². The van der Waals surface area contributed by atoms with Gasteiger partial charge in [-0.05, 0) is 52.0 Å². The maximum Gasteiger partial charge on any atom is 0.307 e. The van der Waals surface area contributed by atoms with E-state index in [1.807, 2.05) is 45.9 Å². The number of hydrogen-bond donors (Lipinski definition) is 1. The van der Waals surface area contributed by atoms with Crippen molar-refractivity contribution in [3.63, 3.8) is 0 Å². The molecule has 0 aliphatic heterocycles. The third-order valence-corrected chi connectivity index (χ3v) is 2.83. The number of amides is 1. The van der Waals surface area contributed by atoms with Crippen LogP contribution in [0.25, 0.3) is 0 Å². The van der Waals surface area contributed by atoms with Gasteiger partial charge in [0.15, 0.2) is 5.76 Å². The van der Waals surface area contributed by atoms with Crippen LogP contribution in [-0.4, -0.2) is 24.3 Å². The molecule has 0 saturated carbocycles. The molecule has 0 radical (unpaired) electrons. The first-order valence-corrected chi connectivity index (χ1v) is 7.80. The smallest absolute Gasteiger partial charge is 0.307 e. The van der Waals surface area contributed by atoms with Crippen LogP contribution in [0.15, 0.2) is 46.1 Å². The van der Waals surface area contributed by atoms with Crippen molar-refractivity contribution in [2.24, 2.45) is 5.10 Å². The Morgan fingerprint density at radius 2 is 1.92 bits per heavy atom. The highest BCUT2D eigenvalue weighted by Gasteiger charge is 2.09. The normalized spacial score (nSPS) is 11.2. The Labute approximate surface area is 141 Å². The van der Waals surface area contributed by atoms with E-state index in [1.54, 1.807) is 12.1 Å². The summed E-state index contributed by atoms with van der Waals surface area (Å²) in [6.07, 6.45) is 3.03. The largest absolute Gasteiger partial charge is 0.491 e. The first-order valence-electron chi connectivity index (χ1n) is 7.80. The average molecular weight is 330 g/mol. The molecule has 6 nitrogen and oxygen atoms in total. The minimum absolute atomic E-state index is 0.00385. The molecule has 1 aromatic carbocycles. The van der Waals surface area contributed by atoms with Crippen LogP contribution in [0.5, 0.6) is 11.5 Å². The summed E-state index contributed by atoms with van der Waals surface area (Å²) in [5, 5.41) is 3.95. The minimum Gasteiger partial charge on any atom is -0.491 e. The Morgan fingerprint density at radius 1 is 1.17 bits per heavy atom. The highest BCUT2D eigenvalue weighted by molar-refractivity contribution is 5.92. The summed E-state index contributed by atoms with van der Waals surface area (Å²) in [7, 11) is 0. The zero-order chi connectivity index (χ0) is 17.5. The lowest BCUT2D eigenvalue weighted by Gasteiger charge is -2.15. The second-order valence-corrected chi connectivity index (χ2v) is 5.71. The van der Waals surface area contributed by atoms with Gasteiger partial charge >= 0.3 is 5.91 Å². The van der Waals surface area contributed by atoms with Crippen LogP contribution >= 0.6 is 0 Å². The van der Waals surface area contributed by atoms with Gasteiger partial charge in [0, 0.05) is 11.6 Å². The van der Waals surface area contributed by atoms with Gasteiger partial charge in [0.2, 0.25) is 0 Å². The Balaban J connectivity index is 2.12. The van der Waals surface area contributed by atoms with Crippen LogP contribution in [-0.2, 0) is 0 Å². The van der Waals surface area contributed by atoms with Crippen LogP contribution in [0, 0.1) is 0 Å². The summed E-state index contributed by atoms with van der Waals surface area (Å²) >= 11 is 0. The van der Waals surface area contributed by atoms with Gasteiger partial charge < -0.3 is 13.9 Å². The minimum atomic E-state index is -0.415. The summed E-state index contributed by atoms with van der Waals surface area (Å²) in [4.78, 5) is 11.8. The highest BCUT2D eigenvalue weighted by Crippen LogP contribution is 2.25. The number of nitrogens with one attached hydrogen (secondary N) is 1. The van der Waals surface area contributed by atoms with Crippen molar-refractivity contribution in [3.8, 4) is 11.5 Å². The summed E-state index contributed by atoms with van der Waals surface area (Å²) in [6, 6.07) is 8.69. The number of hydrogen-bond acceptors (Lipinski definition) is 5. The molecule has 24 heavy (non-hydrogen) atoms. The fourth-order valence-corrected chi connectivity index (χ4v) is 1.95. The molecule has 0 bridgehead atoms. The monoisotopic (exact) mass is 330 g/mol. The number of rotatable bonds is 7. The molecule has 0 atom stereocenters. The van der Waals surface area contributed by atoms with E-state index in [2.05, 4.69) is 10.5 Å². The van der Waals surface area contributed by atoms with Gasteiger partial charge in [0.1, 0.15) is 11.5 Å². The van der Waals surface area contributed by atoms with Crippen molar-refractivity contribution in [1.29, 1.82) is 0 Å². The van der Waals surface area contributed by atoms with Gasteiger partial charge in [-0.3, -0.25) is 4.79 Å². The van der Waals surface area contributed by atoms with E-state index in [-0.39, 0.29) is 18.0 Å². The molecule has 1 N–H and O–H groups in total.